The standard InChI is InChI=1S/C12H12N2O2S/c13-10(12(15)16)6-9-7-17-11(14-9)8-4-2-1-3-5-8/h1-5,7,10H,6,13H2,(H,15,16)/t10-/m0/s1. The molecule has 1 heterocycles. The molecule has 0 unspecified atom stereocenters. The number of aliphatic carboxylic acids is 1. The number of rotatable bonds is 4. The van der Waals surface area contributed by atoms with Gasteiger partial charge in [0.25, 0.3) is 0 Å². The van der Waals surface area contributed by atoms with Gasteiger partial charge in [-0.2, -0.15) is 0 Å². The van der Waals surface area contributed by atoms with E-state index in [1.54, 1.807) is 0 Å². The van der Waals surface area contributed by atoms with Gasteiger partial charge in [0.05, 0.1) is 11.7 Å². The molecular weight excluding hydrogens is 236 g/mol. The Kier molecular flexibility index (Phi) is 3.51. The van der Waals surface area contributed by atoms with Crippen LogP contribution in [0.25, 0.3) is 10.6 Å². The van der Waals surface area contributed by atoms with Crippen LogP contribution in [0.5, 0.6) is 0 Å². The normalized spacial score (nSPS) is 12.3. The Balaban J connectivity index is 2.14. The Morgan fingerprint density at radius 3 is 2.76 bits per heavy atom. The van der Waals surface area contributed by atoms with E-state index in [9.17, 15) is 9.90 Å². The van der Waals surface area contributed by atoms with Gasteiger partial charge in [0.15, 0.2) is 0 Å². The minimum absolute atomic E-state index is 0.311. The maximum atomic E-state index is 10.6. The van der Waals surface area contributed by atoms with E-state index in [0.29, 0.717) is 6.42 Å². The first-order chi connectivity index (χ1) is 8.16. The molecule has 0 radical (unpaired) electrons. The summed E-state index contributed by atoms with van der Waals surface area (Å²) in [7, 11) is 0. The molecule has 2 rings (SSSR count). The summed E-state index contributed by atoms with van der Waals surface area (Å²) in [5.41, 5.74) is 5.31. The number of hydrogen-bond donors (Lipinski definition) is 1. The molecule has 5 heteroatoms. The van der Waals surface area contributed by atoms with Gasteiger partial charge in [-0.1, -0.05) is 30.3 Å². The van der Waals surface area contributed by atoms with E-state index in [4.69, 9.17) is 0 Å². The van der Waals surface area contributed by atoms with Crippen LogP contribution in [-0.2, 0) is 11.2 Å². The van der Waals surface area contributed by atoms with Crippen molar-refractivity contribution in [2.75, 3.05) is 0 Å². The number of carbonyl (C=O) groups is 1. The SMILES string of the molecule is [NH3+][C@@H](Cc1csc(-c2ccccc2)n1)C(=O)[O-]. The molecule has 4 nitrogen and oxygen atoms in total. The highest BCUT2D eigenvalue weighted by molar-refractivity contribution is 7.13. The topological polar surface area (TPSA) is 80.7 Å². The zero-order chi connectivity index (χ0) is 12.3. The molecule has 1 aromatic heterocycles. The lowest BCUT2D eigenvalue weighted by molar-refractivity contribution is -0.437. The second kappa shape index (κ2) is 5.07. The lowest BCUT2D eigenvalue weighted by Crippen LogP contribution is -2.69. The van der Waals surface area contributed by atoms with Crippen molar-refractivity contribution in [1.82, 2.24) is 4.98 Å². The average Bonchev–Trinajstić information content (AvgIpc) is 2.78. The molecule has 88 valence electrons. The summed E-state index contributed by atoms with van der Waals surface area (Å²) in [6.07, 6.45) is 0.311. The quantitative estimate of drug-likeness (QED) is 0.807. The van der Waals surface area contributed by atoms with Gasteiger partial charge in [0.2, 0.25) is 0 Å². The van der Waals surface area contributed by atoms with Gasteiger partial charge in [0.1, 0.15) is 11.0 Å². The third-order valence-electron chi connectivity index (χ3n) is 2.36. The van der Waals surface area contributed by atoms with Crippen LogP contribution in [0.2, 0.25) is 0 Å². The van der Waals surface area contributed by atoms with Gasteiger partial charge in [-0.15, -0.1) is 11.3 Å². The predicted molar refractivity (Wildman–Crippen MR) is 62.9 cm³/mol. The molecule has 0 aliphatic heterocycles. The maximum absolute atomic E-state index is 10.6. The van der Waals surface area contributed by atoms with E-state index in [1.165, 1.54) is 11.3 Å². The third-order valence-corrected chi connectivity index (χ3v) is 3.30. The first-order valence-corrected chi connectivity index (χ1v) is 6.08. The molecule has 0 bridgehead atoms. The second-order valence-corrected chi connectivity index (χ2v) is 4.59. The first kappa shape index (κ1) is 11.8. The highest BCUT2D eigenvalue weighted by Crippen LogP contribution is 2.23. The number of quaternary nitrogens is 1. The Bertz CT molecular complexity index is 510. The van der Waals surface area contributed by atoms with Gasteiger partial charge in [0, 0.05) is 17.4 Å². The summed E-state index contributed by atoms with van der Waals surface area (Å²) in [6.45, 7) is 0. The van der Waals surface area contributed by atoms with Crippen molar-refractivity contribution >= 4 is 17.3 Å². The summed E-state index contributed by atoms with van der Waals surface area (Å²) in [6, 6.07) is 9.04. The Labute approximate surface area is 103 Å². The lowest BCUT2D eigenvalue weighted by atomic mass is 10.2. The van der Waals surface area contributed by atoms with Crippen LogP contribution in [0.1, 0.15) is 5.69 Å². The summed E-state index contributed by atoms with van der Waals surface area (Å²) in [4.78, 5) is 15.0. The molecule has 0 saturated carbocycles. The van der Waals surface area contributed by atoms with Gasteiger partial charge in [-0.3, -0.25) is 0 Å². The number of hydrogen-bond acceptors (Lipinski definition) is 4. The fourth-order valence-electron chi connectivity index (χ4n) is 1.45. The molecule has 17 heavy (non-hydrogen) atoms. The van der Waals surface area contributed by atoms with Crippen molar-refractivity contribution in [3.8, 4) is 10.6 Å². The Morgan fingerprint density at radius 2 is 2.12 bits per heavy atom. The number of nitrogens with zero attached hydrogens (tertiary/aromatic N) is 1. The number of benzene rings is 1. The minimum Gasteiger partial charge on any atom is -0.544 e. The van der Waals surface area contributed by atoms with Crippen molar-refractivity contribution in [3.05, 3.63) is 41.4 Å². The predicted octanol–water partition coefficient (Wildman–Crippen LogP) is -0.287. The molecule has 0 fully saturated rings. The average molecular weight is 248 g/mol. The molecule has 3 N–H and O–H groups in total. The monoisotopic (exact) mass is 248 g/mol. The summed E-state index contributed by atoms with van der Waals surface area (Å²) >= 11 is 1.50. The van der Waals surface area contributed by atoms with Crippen LogP contribution in [0.4, 0.5) is 0 Å². The van der Waals surface area contributed by atoms with E-state index in [0.717, 1.165) is 16.3 Å². The molecule has 0 spiro atoms. The Hall–Kier alpha value is -1.72. The molecule has 0 aliphatic rings. The third kappa shape index (κ3) is 2.89. The zero-order valence-electron chi connectivity index (χ0n) is 9.13. The molecule has 1 aromatic carbocycles. The molecule has 2 aromatic rings. The van der Waals surface area contributed by atoms with E-state index >= 15 is 0 Å². The summed E-state index contributed by atoms with van der Waals surface area (Å²) in [5.74, 6) is -1.14. The molecular formula is C12H12N2O2S. The van der Waals surface area contributed by atoms with E-state index in [1.807, 2.05) is 35.7 Å². The molecule has 0 saturated heterocycles. The van der Waals surface area contributed by atoms with Crippen molar-refractivity contribution in [3.63, 3.8) is 0 Å². The highest BCUT2D eigenvalue weighted by atomic mass is 32.1. The van der Waals surface area contributed by atoms with Gasteiger partial charge in [-0.05, 0) is 0 Å². The van der Waals surface area contributed by atoms with Crippen LogP contribution >= 0.6 is 11.3 Å². The van der Waals surface area contributed by atoms with Crippen LogP contribution in [0.15, 0.2) is 35.7 Å². The number of thiazole rings is 1. The van der Waals surface area contributed by atoms with E-state index in [-0.39, 0.29) is 0 Å². The molecule has 1 atom stereocenters. The van der Waals surface area contributed by atoms with Crippen molar-refractivity contribution < 1.29 is 15.6 Å². The number of carboxylic acids is 1. The maximum Gasteiger partial charge on any atom is 0.130 e. The van der Waals surface area contributed by atoms with Gasteiger partial charge >= 0.3 is 0 Å². The van der Waals surface area contributed by atoms with Crippen LogP contribution in [-0.4, -0.2) is 17.0 Å². The van der Waals surface area contributed by atoms with Gasteiger partial charge < -0.3 is 15.6 Å². The highest BCUT2D eigenvalue weighted by Gasteiger charge is 2.11. The summed E-state index contributed by atoms with van der Waals surface area (Å²) < 4.78 is 0. The fourth-order valence-corrected chi connectivity index (χ4v) is 2.29. The minimum atomic E-state index is -1.14. The first-order valence-electron chi connectivity index (χ1n) is 5.20. The fraction of sp³-hybridized carbons (Fsp3) is 0.167. The number of carbonyl (C=O) groups excluding carboxylic acids is 1. The Morgan fingerprint density at radius 1 is 1.41 bits per heavy atom. The largest absolute Gasteiger partial charge is 0.544 e. The molecule has 0 aliphatic carbocycles. The van der Waals surface area contributed by atoms with Crippen LogP contribution < -0.4 is 10.8 Å². The van der Waals surface area contributed by atoms with E-state index in [2.05, 4.69) is 10.7 Å². The van der Waals surface area contributed by atoms with Crippen molar-refractivity contribution in [1.29, 1.82) is 0 Å². The van der Waals surface area contributed by atoms with Gasteiger partial charge in [-0.25, -0.2) is 4.98 Å². The van der Waals surface area contributed by atoms with Crippen molar-refractivity contribution in [2.45, 2.75) is 12.5 Å². The smallest absolute Gasteiger partial charge is 0.130 e. The number of aromatic nitrogens is 1. The van der Waals surface area contributed by atoms with Crippen LogP contribution in [0.3, 0.4) is 0 Å². The number of carboxylic acid groups (broad SMARTS) is 1. The lowest BCUT2D eigenvalue weighted by Gasteiger charge is -2.06. The van der Waals surface area contributed by atoms with E-state index < -0.39 is 12.0 Å². The second-order valence-electron chi connectivity index (χ2n) is 3.73. The summed E-state index contributed by atoms with van der Waals surface area (Å²) in [5, 5.41) is 13.3. The molecule has 0 amide bonds. The van der Waals surface area contributed by atoms with Crippen LogP contribution in [0, 0.1) is 0 Å². The zero-order valence-corrected chi connectivity index (χ0v) is 9.94. The van der Waals surface area contributed by atoms with Crippen molar-refractivity contribution in [2.24, 2.45) is 0 Å².